The van der Waals surface area contributed by atoms with Crippen LogP contribution in [0.4, 0.5) is 5.82 Å². The molecule has 0 spiro atoms. The molecule has 1 heterocycles. The number of rotatable bonds is 11. The van der Waals surface area contributed by atoms with E-state index < -0.39 is 0 Å². The summed E-state index contributed by atoms with van der Waals surface area (Å²) in [4.78, 5) is 0. The molecule has 2 aromatic carbocycles. The minimum atomic E-state index is 0.601. The van der Waals surface area contributed by atoms with Gasteiger partial charge < -0.3 is 15.4 Å². The van der Waals surface area contributed by atoms with Gasteiger partial charge >= 0.3 is 0 Å². The van der Waals surface area contributed by atoms with Crippen LogP contribution >= 0.6 is 0 Å². The van der Waals surface area contributed by atoms with E-state index in [1.807, 2.05) is 59.3 Å². The SMILES string of the molecule is C=C(/C=C\C(Nc1ccnn1-c1ccccc1)=C(/CC)CNCc1ccccc1)OC. The predicted octanol–water partition coefficient (Wildman–Crippen LogP) is 5.45. The molecule has 0 amide bonds. The largest absolute Gasteiger partial charge is 0.497 e. The Labute approximate surface area is 184 Å². The molecular weight excluding hydrogens is 384 g/mol. The van der Waals surface area contributed by atoms with Crippen LogP contribution in [-0.4, -0.2) is 23.4 Å². The maximum Gasteiger partial charge on any atom is 0.134 e. The van der Waals surface area contributed by atoms with Crippen molar-refractivity contribution in [3.8, 4) is 5.69 Å². The van der Waals surface area contributed by atoms with E-state index in [9.17, 15) is 0 Å². The number of para-hydroxylation sites is 1. The summed E-state index contributed by atoms with van der Waals surface area (Å²) < 4.78 is 7.11. The number of hydrogen-bond donors (Lipinski definition) is 2. The monoisotopic (exact) mass is 414 g/mol. The van der Waals surface area contributed by atoms with Crippen LogP contribution in [0.5, 0.6) is 0 Å². The fourth-order valence-corrected chi connectivity index (χ4v) is 3.17. The molecule has 0 aliphatic rings. The van der Waals surface area contributed by atoms with Crippen LogP contribution in [0.25, 0.3) is 5.69 Å². The highest BCUT2D eigenvalue weighted by Gasteiger charge is 2.09. The molecule has 5 nitrogen and oxygen atoms in total. The number of ether oxygens (including phenoxy) is 1. The summed E-state index contributed by atoms with van der Waals surface area (Å²) in [6, 6.07) is 22.5. The van der Waals surface area contributed by atoms with E-state index in [-0.39, 0.29) is 0 Å². The molecule has 0 saturated heterocycles. The average Bonchev–Trinajstić information content (AvgIpc) is 3.29. The van der Waals surface area contributed by atoms with Gasteiger partial charge in [0.1, 0.15) is 11.6 Å². The molecule has 0 saturated carbocycles. The molecule has 3 rings (SSSR count). The van der Waals surface area contributed by atoms with Crippen molar-refractivity contribution in [3.63, 3.8) is 0 Å². The lowest BCUT2D eigenvalue weighted by atomic mass is 10.1. The molecule has 0 unspecified atom stereocenters. The van der Waals surface area contributed by atoms with Crippen molar-refractivity contribution in [2.24, 2.45) is 0 Å². The Bertz CT molecular complexity index is 1020. The molecule has 0 atom stereocenters. The van der Waals surface area contributed by atoms with Crippen molar-refractivity contribution in [2.75, 3.05) is 19.0 Å². The minimum absolute atomic E-state index is 0.601. The Morgan fingerprint density at radius 2 is 1.74 bits per heavy atom. The number of methoxy groups -OCH3 is 1. The van der Waals surface area contributed by atoms with Gasteiger partial charge in [-0.05, 0) is 41.8 Å². The molecule has 0 bridgehead atoms. The zero-order chi connectivity index (χ0) is 21.9. The maximum absolute atomic E-state index is 5.22. The topological polar surface area (TPSA) is 51.1 Å². The highest BCUT2D eigenvalue weighted by atomic mass is 16.5. The van der Waals surface area contributed by atoms with Gasteiger partial charge in [0.05, 0.1) is 19.0 Å². The summed E-state index contributed by atoms with van der Waals surface area (Å²) in [6.07, 6.45) is 6.58. The third-order valence-electron chi connectivity index (χ3n) is 4.92. The molecule has 0 aliphatic heterocycles. The smallest absolute Gasteiger partial charge is 0.134 e. The van der Waals surface area contributed by atoms with Gasteiger partial charge in [-0.15, -0.1) is 0 Å². The Balaban J connectivity index is 1.84. The molecular formula is C26H30N4O. The Morgan fingerprint density at radius 3 is 2.42 bits per heavy atom. The molecule has 160 valence electrons. The average molecular weight is 415 g/mol. The van der Waals surface area contributed by atoms with E-state index in [1.165, 1.54) is 11.1 Å². The molecule has 2 N–H and O–H groups in total. The lowest BCUT2D eigenvalue weighted by Gasteiger charge is -2.16. The lowest BCUT2D eigenvalue weighted by Crippen LogP contribution is -2.19. The van der Waals surface area contributed by atoms with Crippen LogP contribution in [0.2, 0.25) is 0 Å². The molecule has 0 fully saturated rings. The van der Waals surface area contributed by atoms with Crippen LogP contribution in [0.15, 0.2) is 109 Å². The van der Waals surface area contributed by atoms with Crippen molar-refractivity contribution in [1.82, 2.24) is 15.1 Å². The normalized spacial score (nSPS) is 11.9. The first kappa shape index (κ1) is 22.1. The van der Waals surface area contributed by atoms with E-state index >= 15 is 0 Å². The number of benzene rings is 2. The van der Waals surface area contributed by atoms with E-state index in [2.05, 4.69) is 53.5 Å². The zero-order valence-corrected chi connectivity index (χ0v) is 18.2. The van der Waals surface area contributed by atoms with Crippen LogP contribution in [0.1, 0.15) is 18.9 Å². The maximum atomic E-state index is 5.22. The number of hydrogen-bond acceptors (Lipinski definition) is 4. The standard InChI is InChI=1S/C26H30N4O/c1-4-23(20-27-19-22-11-7-5-8-12-22)25(16-15-21(2)31-3)29-26-17-18-28-30(26)24-13-9-6-10-14-24/h5-18,27,29H,2,4,19-20H2,1,3H3/b16-15-,25-23-. The first-order valence-electron chi connectivity index (χ1n) is 10.5. The van der Waals surface area contributed by atoms with Crippen LogP contribution < -0.4 is 10.6 Å². The fraction of sp³-hybridized carbons (Fsp3) is 0.192. The highest BCUT2D eigenvalue weighted by Crippen LogP contribution is 2.19. The fourth-order valence-electron chi connectivity index (χ4n) is 3.17. The van der Waals surface area contributed by atoms with Gasteiger partial charge in [-0.25, -0.2) is 4.68 Å². The van der Waals surface area contributed by atoms with Crippen LogP contribution in [0.3, 0.4) is 0 Å². The highest BCUT2D eigenvalue weighted by molar-refractivity contribution is 5.52. The number of anilines is 1. The third-order valence-corrected chi connectivity index (χ3v) is 4.92. The van der Waals surface area contributed by atoms with Crippen molar-refractivity contribution in [2.45, 2.75) is 19.9 Å². The quantitative estimate of drug-likeness (QED) is 0.323. The molecule has 31 heavy (non-hydrogen) atoms. The zero-order valence-electron chi connectivity index (χ0n) is 18.2. The Kier molecular flexibility index (Phi) is 8.26. The first-order valence-corrected chi connectivity index (χ1v) is 10.5. The van der Waals surface area contributed by atoms with Crippen molar-refractivity contribution < 1.29 is 4.74 Å². The van der Waals surface area contributed by atoms with Gasteiger partial charge in [-0.1, -0.05) is 62.0 Å². The number of aromatic nitrogens is 2. The second-order valence-electron chi connectivity index (χ2n) is 7.05. The van der Waals surface area contributed by atoms with E-state index in [0.29, 0.717) is 5.76 Å². The number of nitrogens with zero attached hydrogens (tertiary/aromatic N) is 2. The van der Waals surface area contributed by atoms with Crippen LogP contribution in [-0.2, 0) is 11.3 Å². The Morgan fingerprint density at radius 1 is 1.03 bits per heavy atom. The van der Waals surface area contributed by atoms with Crippen molar-refractivity contribution >= 4 is 5.82 Å². The summed E-state index contributed by atoms with van der Waals surface area (Å²) >= 11 is 0. The second kappa shape index (κ2) is 11.6. The third kappa shape index (κ3) is 6.46. The molecule has 0 radical (unpaired) electrons. The number of allylic oxidation sites excluding steroid dienone is 2. The van der Waals surface area contributed by atoms with Gasteiger partial charge in [-0.3, -0.25) is 0 Å². The molecule has 3 aromatic rings. The Hall–Kier alpha value is -3.57. The summed E-state index contributed by atoms with van der Waals surface area (Å²) in [6.45, 7) is 7.64. The predicted molar refractivity (Wildman–Crippen MR) is 128 cm³/mol. The number of nitrogens with one attached hydrogen (secondary N) is 2. The van der Waals surface area contributed by atoms with Gasteiger partial charge in [0.25, 0.3) is 0 Å². The van der Waals surface area contributed by atoms with Gasteiger partial charge in [0, 0.05) is 24.9 Å². The summed E-state index contributed by atoms with van der Waals surface area (Å²) in [5.41, 5.74) is 4.51. The summed E-state index contributed by atoms with van der Waals surface area (Å²) in [5, 5.41) is 11.6. The molecule has 5 heteroatoms. The molecule has 1 aromatic heterocycles. The van der Waals surface area contributed by atoms with Crippen molar-refractivity contribution in [1.29, 1.82) is 0 Å². The van der Waals surface area contributed by atoms with Gasteiger partial charge in [-0.2, -0.15) is 5.10 Å². The molecule has 0 aliphatic carbocycles. The summed E-state index contributed by atoms with van der Waals surface area (Å²) in [5.74, 6) is 1.49. The van der Waals surface area contributed by atoms with Crippen molar-refractivity contribution in [3.05, 3.63) is 114 Å². The van der Waals surface area contributed by atoms with Crippen LogP contribution in [0, 0.1) is 0 Å². The second-order valence-corrected chi connectivity index (χ2v) is 7.05. The lowest BCUT2D eigenvalue weighted by molar-refractivity contribution is 0.309. The van der Waals surface area contributed by atoms with Gasteiger partial charge in [0.2, 0.25) is 0 Å². The van der Waals surface area contributed by atoms with E-state index in [1.54, 1.807) is 13.3 Å². The van der Waals surface area contributed by atoms with E-state index in [0.717, 1.165) is 36.7 Å². The first-order chi connectivity index (χ1) is 15.2. The summed E-state index contributed by atoms with van der Waals surface area (Å²) in [7, 11) is 1.62. The van der Waals surface area contributed by atoms with E-state index in [4.69, 9.17) is 4.74 Å². The minimum Gasteiger partial charge on any atom is -0.497 e. The van der Waals surface area contributed by atoms with Gasteiger partial charge in [0.15, 0.2) is 0 Å².